The highest BCUT2D eigenvalue weighted by Gasteiger charge is 1.74. The molecule has 0 bridgehead atoms. The van der Waals surface area contributed by atoms with Crippen LogP contribution in [0.5, 0.6) is 0 Å². The van der Waals surface area contributed by atoms with Crippen molar-refractivity contribution < 1.29 is 0 Å². The van der Waals surface area contributed by atoms with E-state index in [1.165, 1.54) is 19.1 Å². The van der Waals surface area contributed by atoms with Gasteiger partial charge >= 0.3 is 0 Å². The molecule has 0 aliphatic heterocycles. The minimum Gasteiger partial charge on any atom is -0.313 e. The lowest BCUT2D eigenvalue weighted by Crippen LogP contribution is -1.69. The number of unbranched alkanes of at least 4 members (excludes halogenated alkanes) is 2. The second-order valence-corrected chi connectivity index (χ2v) is 2.04. The molecule has 0 aromatic heterocycles. The highest BCUT2D eigenvalue weighted by molar-refractivity contribution is 5.52. The molecule has 1 N–H and O–H groups in total. The Morgan fingerprint density at radius 1 is 1.11 bits per heavy atom. The van der Waals surface area contributed by atoms with Gasteiger partial charge in [-0.2, -0.15) is 0 Å². The number of rotatable bonds is 5. The molecule has 0 saturated heterocycles. The minimum absolute atomic E-state index is 0.889. The molecule has 0 atom stereocenters. The Morgan fingerprint density at radius 2 is 1.78 bits per heavy atom. The van der Waals surface area contributed by atoms with E-state index >= 15 is 0 Å². The summed E-state index contributed by atoms with van der Waals surface area (Å²) in [5, 5.41) is 6.72. The van der Waals surface area contributed by atoms with Crippen LogP contribution in [0.25, 0.3) is 0 Å². The summed E-state index contributed by atoms with van der Waals surface area (Å²) < 4.78 is 0. The van der Waals surface area contributed by atoms with Crippen molar-refractivity contribution in [3.05, 3.63) is 12.2 Å². The van der Waals surface area contributed by atoms with E-state index in [0.717, 1.165) is 12.8 Å². The van der Waals surface area contributed by atoms with Gasteiger partial charge in [-0.25, -0.2) is 0 Å². The van der Waals surface area contributed by atoms with Crippen LogP contribution in [0, 0.1) is 5.41 Å². The standard InChI is InChI=1S/C8H15N/c1-2-3-4-5-6-7-8-9/h4-5,8-9H,2-3,6-7H2,1H3/b5-4+,9-8?. The first-order valence-electron chi connectivity index (χ1n) is 3.55. The SMILES string of the molecule is CCC/C=C/CCC=N. The molecular weight excluding hydrogens is 110 g/mol. The van der Waals surface area contributed by atoms with Crippen molar-refractivity contribution in [2.45, 2.75) is 32.6 Å². The maximum atomic E-state index is 6.72. The second kappa shape index (κ2) is 7.41. The predicted octanol–water partition coefficient (Wildman–Crippen LogP) is 2.77. The highest BCUT2D eigenvalue weighted by Crippen LogP contribution is 1.92. The topological polar surface area (TPSA) is 23.9 Å². The van der Waals surface area contributed by atoms with E-state index < -0.39 is 0 Å². The summed E-state index contributed by atoms with van der Waals surface area (Å²) >= 11 is 0. The van der Waals surface area contributed by atoms with Gasteiger partial charge in [0, 0.05) is 0 Å². The fourth-order valence-electron chi connectivity index (χ4n) is 0.582. The lowest BCUT2D eigenvalue weighted by atomic mass is 10.2. The first-order chi connectivity index (χ1) is 4.41. The van der Waals surface area contributed by atoms with Crippen LogP contribution in [0.1, 0.15) is 32.6 Å². The molecule has 0 rings (SSSR count). The average molecular weight is 125 g/mol. The van der Waals surface area contributed by atoms with Crippen molar-refractivity contribution in [2.75, 3.05) is 0 Å². The van der Waals surface area contributed by atoms with Gasteiger partial charge in [0.1, 0.15) is 0 Å². The third-order valence-electron chi connectivity index (χ3n) is 1.10. The molecule has 0 aromatic rings. The Bertz CT molecular complexity index is 84.6. The first-order valence-corrected chi connectivity index (χ1v) is 3.55. The van der Waals surface area contributed by atoms with Crippen LogP contribution >= 0.6 is 0 Å². The predicted molar refractivity (Wildman–Crippen MR) is 42.1 cm³/mol. The third kappa shape index (κ3) is 7.41. The summed E-state index contributed by atoms with van der Waals surface area (Å²) in [5.74, 6) is 0. The Morgan fingerprint density at radius 3 is 2.33 bits per heavy atom. The molecule has 52 valence electrons. The van der Waals surface area contributed by atoms with E-state index in [4.69, 9.17) is 5.41 Å². The van der Waals surface area contributed by atoms with Crippen LogP contribution < -0.4 is 0 Å². The van der Waals surface area contributed by atoms with Crippen molar-refractivity contribution in [3.63, 3.8) is 0 Å². The maximum Gasteiger partial charge on any atom is -0.00447 e. The van der Waals surface area contributed by atoms with Crippen LogP contribution in [0.4, 0.5) is 0 Å². The van der Waals surface area contributed by atoms with Gasteiger partial charge < -0.3 is 5.41 Å². The number of nitrogens with one attached hydrogen (secondary N) is 1. The molecule has 0 unspecified atom stereocenters. The molecule has 0 radical (unpaired) electrons. The quantitative estimate of drug-likeness (QED) is 0.332. The largest absolute Gasteiger partial charge is 0.313 e. The lowest BCUT2D eigenvalue weighted by molar-refractivity contribution is 0.948. The molecule has 9 heavy (non-hydrogen) atoms. The van der Waals surface area contributed by atoms with Crippen molar-refractivity contribution in [1.29, 1.82) is 5.41 Å². The van der Waals surface area contributed by atoms with E-state index in [1.54, 1.807) is 0 Å². The van der Waals surface area contributed by atoms with Gasteiger partial charge in [-0.15, -0.1) is 0 Å². The first kappa shape index (κ1) is 8.41. The van der Waals surface area contributed by atoms with Crippen molar-refractivity contribution in [3.8, 4) is 0 Å². The maximum absolute atomic E-state index is 6.72. The summed E-state index contributed by atoms with van der Waals surface area (Å²) in [7, 11) is 0. The van der Waals surface area contributed by atoms with Gasteiger partial charge in [-0.05, 0) is 25.5 Å². The van der Waals surface area contributed by atoms with Gasteiger partial charge in [0.05, 0.1) is 0 Å². The van der Waals surface area contributed by atoms with E-state index in [1.807, 2.05) is 0 Å². The Labute approximate surface area is 57.3 Å². The molecule has 0 aromatic carbocycles. The molecule has 1 nitrogen and oxygen atoms in total. The molecule has 0 fully saturated rings. The van der Waals surface area contributed by atoms with E-state index in [9.17, 15) is 0 Å². The smallest absolute Gasteiger partial charge is 0.00447 e. The molecule has 0 aliphatic rings. The Balaban J connectivity index is 2.94. The van der Waals surface area contributed by atoms with Gasteiger partial charge in [0.2, 0.25) is 0 Å². The summed E-state index contributed by atoms with van der Waals surface area (Å²) in [4.78, 5) is 0. The fraction of sp³-hybridized carbons (Fsp3) is 0.625. The molecule has 0 heterocycles. The fourth-order valence-corrected chi connectivity index (χ4v) is 0.582. The van der Waals surface area contributed by atoms with Crippen molar-refractivity contribution >= 4 is 6.21 Å². The average Bonchev–Trinajstić information content (AvgIpc) is 1.89. The molecule has 0 amide bonds. The molecule has 0 saturated carbocycles. The summed E-state index contributed by atoms with van der Waals surface area (Å²) in [6, 6.07) is 0. The zero-order chi connectivity index (χ0) is 6.95. The number of hydrogen-bond acceptors (Lipinski definition) is 1. The normalized spacial score (nSPS) is 10.3. The van der Waals surface area contributed by atoms with Gasteiger partial charge in [-0.3, -0.25) is 0 Å². The third-order valence-corrected chi connectivity index (χ3v) is 1.10. The van der Waals surface area contributed by atoms with E-state index in [-0.39, 0.29) is 0 Å². The molecule has 0 spiro atoms. The van der Waals surface area contributed by atoms with Crippen LogP contribution in [0.15, 0.2) is 12.2 Å². The van der Waals surface area contributed by atoms with E-state index in [2.05, 4.69) is 19.1 Å². The van der Waals surface area contributed by atoms with Crippen LogP contribution in [-0.4, -0.2) is 6.21 Å². The molecule has 1 heteroatoms. The van der Waals surface area contributed by atoms with Crippen LogP contribution in [0.2, 0.25) is 0 Å². The van der Waals surface area contributed by atoms with E-state index in [0.29, 0.717) is 0 Å². The van der Waals surface area contributed by atoms with Gasteiger partial charge in [0.15, 0.2) is 0 Å². The summed E-state index contributed by atoms with van der Waals surface area (Å²) in [6.07, 6.45) is 10.1. The van der Waals surface area contributed by atoms with Crippen LogP contribution in [-0.2, 0) is 0 Å². The van der Waals surface area contributed by atoms with Crippen molar-refractivity contribution in [2.24, 2.45) is 0 Å². The van der Waals surface area contributed by atoms with Gasteiger partial charge in [0.25, 0.3) is 0 Å². The number of hydrogen-bond donors (Lipinski definition) is 1. The molecular formula is C8H15N. The monoisotopic (exact) mass is 125 g/mol. The van der Waals surface area contributed by atoms with Crippen molar-refractivity contribution in [1.82, 2.24) is 0 Å². The minimum atomic E-state index is 0.889. The Kier molecular flexibility index (Phi) is 6.92. The second-order valence-electron chi connectivity index (χ2n) is 2.04. The summed E-state index contributed by atoms with van der Waals surface area (Å²) in [5.41, 5.74) is 0. The van der Waals surface area contributed by atoms with Gasteiger partial charge in [-0.1, -0.05) is 25.5 Å². The Hall–Kier alpha value is -0.590. The summed E-state index contributed by atoms with van der Waals surface area (Å²) in [6.45, 7) is 2.17. The zero-order valence-corrected chi connectivity index (χ0v) is 6.06. The molecule has 0 aliphatic carbocycles. The van der Waals surface area contributed by atoms with Crippen LogP contribution in [0.3, 0.4) is 0 Å². The highest BCUT2D eigenvalue weighted by atomic mass is 14.3. The lowest BCUT2D eigenvalue weighted by Gasteiger charge is -1.84. The zero-order valence-electron chi connectivity index (χ0n) is 6.06. The number of allylic oxidation sites excluding steroid dienone is 2.